The summed E-state index contributed by atoms with van der Waals surface area (Å²) in [4.78, 5) is 17.0. The van der Waals surface area contributed by atoms with Gasteiger partial charge >= 0.3 is 0 Å². The summed E-state index contributed by atoms with van der Waals surface area (Å²) in [5, 5.41) is 18.3. The van der Waals surface area contributed by atoms with Crippen LogP contribution in [-0.2, 0) is 18.4 Å². The van der Waals surface area contributed by atoms with E-state index in [-0.39, 0.29) is 11.7 Å². The van der Waals surface area contributed by atoms with Crippen LogP contribution >= 0.6 is 23.1 Å². The lowest BCUT2D eigenvalue weighted by atomic mass is 10.1. The van der Waals surface area contributed by atoms with E-state index in [9.17, 15) is 4.79 Å². The van der Waals surface area contributed by atoms with Gasteiger partial charge in [0.15, 0.2) is 16.1 Å². The number of nitrogens with zero attached hydrogens (tertiary/aromatic N) is 4. The molecule has 0 spiro atoms. The molecular weight excluding hydrogens is 440 g/mol. The molecule has 0 aliphatic heterocycles. The highest BCUT2D eigenvalue weighted by Crippen LogP contribution is 2.25. The summed E-state index contributed by atoms with van der Waals surface area (Å²) in [6.07, 6.45) is 0. The van der Waals surface area contributed by atoms with Crippen molar-refractivity contribution >= 4 is 39.8 Å². The summed E-state index contributed by atoms with van der Waals surface area (Å²) < 4.78 is 1.90. The third kappa shape index (κ3) is 5.35. The normalized spacial score (nSPS) is 10.8. The van der Waals surface area contributed by atoms with Gasteiger partial charge in [0.2, 0.25) is 5.91 Å². The highest BCUT2D eigenvalue weighted by Gasteiger charge is 2.13. The molecule has 0 radical (unpaired) electrons. The first-order chi connectivity index (χ1) is 15.5. The number of anilines is 2. The third-order valence-corrected chi connectivity index (χ3v) is 6.72. The van der Waals surface area contributed by atoms with Crippen LogP contribution in [0, 0.1) is 13.8 Å². The number of carbonyl (C=O) groups excluding carboxylic acids is 1. The van der Waals surface area contributed by atoms with Gasteiger partial charge in [-0.05, 0) is 31.0 Å². The third-order valence-electron chi connectivity index (χ3n) is 4.90. The second-order valence-corrected chi connectivity index (χ2v) is 9.17. The van der Waals surface area contributed by atoms with Crippen LogP contribution < -0.4 is 10.6 Å². The number of nitrogens with one attached hydrogen (secondary N) is 2. The highest BCUT2D eigenvalue weighted by atomic mass is 32.2. The number of thiazole rings is 1. The minimum atomic E-state index is -0.0670. The summed E-state index contributed by atoms with van der Waals surface area (Å²) in [5.41, 5.74) is 5.03. The minimum Gasteiger partial charge on any atom is -0.354 e. The molecule has 7 nitrogen and oxygen atoms in total. The maximum atomic E-state index is 12.4. The second kappa shape index (κ2) is 9.97. The molecule has 164 valence electrons. The number of carbonyl (C=O) groups is 1. The van der Waals surface area contributed by atoms with Crippen molar-refractivity contribution in [2.45, 2.75) is 25.5 Å². The number of aryl methyl sites for hydroxylation is 2. The number of hydrogen-bond donors (Lipinski definition) is 2. The van der Waals surface area contributed by atoms with Gasteiger partial charge in [-0.2, -0.15) is 0 Å². The number of hydrogen-bond acceptors (Lipinski definition) is 7. The van der Waals surface area contributed by atoms with Crippen molar-refractivity contribution in [1.29, 1.82) is 0 Å². The Bertz CT molecular complexity index is 1220. The molecule has 2 aromatic carbocycles. The van der Waals surface area contributed by atoms with Gasteiger partial charge in [-0.1, -0.05) is 54.2 Å². The summed E-state index contributed by atoms with van der Waals surface area (Å²) >= 11 is 2.92. The Morgan fingerprint density at radius 1 is 1.12 bits per heavy atom. The zero-order valence-electron chi connectivity index (χ0n) is 18.1. The number of thioether (sulfide) groups is 1. The predicted molar refractivity (Wildman–Crippen MR) is 131 cm³/mol. The number of aromatic nitrogens is 4. The Morgan fingerprint density at radius 2 is 1.94 bits per heavy atom. The van der Waals surface area contributed by atoms with Gasteiger partial charge in [0.25, 0.3) is 0 Å². The van der Waals surface area contributed by atoms with E-state index < -0.39 is 0 Å². The molecule has 0 saturated carbocycles. The van der Waals surface area contributed by atoms with E-state index in [1.54, 1.807) is 11.3 Å². The standard InChI is InChI=1S/C23H24N6OS2/c1-15-9-10-16(2)18(11-15)25-21(30)14-32-23-28-27-20(29(23)3)12-24-22-26-19(13-31-22)17-7-5-4-6-8-17/h4-11,13H,12,14H2,1-3H3,(H,24,26)(H,25,30). The molecule has 2 N–H and O–H groups in total. The van der Waals surface area contributed by atoms with Crippen LogP contribution in [0.5, 0.6) is 0 Å². The number of amides is 1. The lowest BCUT2D eigenvalue weighted by Gasteiger charge is -2.09. The molecule has 0 saturated heterocycles. The van der Waals surface area contributed by atoms with Crippen molar-refractivity contribution in [3.05, 3.63) is 70.9 Å². The smallest absolute Gasteiger partial charge is 0.234 e. The topological polar surface area (TPSA) is 84.7 Å². The monoisotopic (exact) mass is 464 g/mol. The maximum absolute atomic E-state index is 12.4. The van der Waals surface area contributed by atoms with Crippen molar-refractivity contribution in [3.8, 4) is 11.3 Å². The molecule has 4 aromatic rings. The summed E-state index contributed by atoms with van der Waals surface area (Å²) in [6, 6.07) is 16.1. The molecule has 0 aliphatic rings. The summed E-state index contributed by atoms with van der Waals surface area (Å²) in [5.74, 6) is 0.973. The highest BCUT2D eigenvalue weighted by molar-refractivity contribution is 7.99. The van der Waals surface area contributed by atoms with Gasteiger partial charge in [-0.3, -0.25) is 4.79 Å². The Labute approximate surface area is 195 Å². The molecule has 0 aliphatic carbocycles. The van der Waals surface area contributed by atoms with Crippen LogP contribution in [0.4, 0.5) is 10.8 Å². The van der Waals surface area contributed by atoms with E-state index in [0.717, 1.165) is 39.0 Å². The fraction of sp³-hybridized carbons (Fsp3) is 0.217. The van der Waals surface area contributed by atoms with Gasteiger partial charge in [0.05, 0.1) is 18.0 Å². The van der Waals surface area contributed by atoms with Crippen molar-refractivity contribution < 1.29 is 4.79 Å². The van der Waals surface area contributed by atoms with E-state index in [4.69, 9.17) is 0 Å². The van der Waals surface area contributed by atoms with Gasteiger partial charge in [0.1, 0.15) is 0 Å². The van der Waals surface area contributed by atoms with Gasteiger partial charge in [-0.25, -0.2) is 4.98 Å². The van der Waals surface area contributed by atoms with E-state index in [1.807, 2.05) is 79.4 Å². The van der Waals surface area contributed by atoms with Crippen LogP contribution in [-0.4, -0.2) is 31.4 Å². The second-order valence-electron chi connectivity index (χ2n) is 7.37. The molecular formula is C23H24N6OS2. The number of rotatable bonds is 8. The molecule has 0 atom stereocenters. The predicted octanol–water partition coefficient (Wildman–Crippen LogP) is 4.90. The first-order valence-corrected chi connectivity index (χ1v) is 12.0. The molecule has 2 aromatic heterocycles. The van der Waals surface area contributed by atoms with Crippen molar-refractivity contribution in [2.24, 2.45) is 7.05 Å². The van der Waals surface area contributed by atoms with Crippen LogP contribution in [0.1, 0.15) is 17.0 Å². The average Bonchev–Trinajstić information content (AvgIpc) is 3.41. The van der Waals surface area contributed by atoms with E-state index in [1.165, 1.54) is 11.8 Å². The fourth-order valence-electron chi connectivity index (χ4n) is 3.06. The Morgan fingerprint density at radius 3 is 2.75 bits per heavy atom. The first kappa shape index (κ1) is 22.0. The summed E-state index contributed by atoms with van der Waals surface area (Å²) in [7, 11) is 1.90. The van der Waals surface area contributed by atoms with Crippen molar-refractivity contribution in [3.63, 3.8) is 0 Å². The maximum Gasteiger partial charge on any atom is 0.234 e. The lowest BCUT2D eigenvalue weighted by Crippen LogP contribution is -2.15. The SMILES string of the molecule is Cc1ccc(C)c(NC(=O)CSc2nnc(CNc3nc(-c4ccccc4)cs3)n2C)c1. The summed E-state index contributed by atoms with van der Waals surface area (Å²) in [6.45, 7) is 4.49. The molecule has 2 heterocycles. The van der Waals surface area contributed by atoms with Crippen LogP contribution in [0.15, 0.2) is 59.1 Å². The number of benzene rings is 2. The average molecular weight is 465 g/mol. The van der Waals surface area contributed by atoms with Crippen molar-refractivity contribution in [1.82, 2.24) is 19.7 Å². The van der Waals surface area contributed by atoms with Crippen LogP contribution in [0.25, 0.3) is 11.3 Å². The molecule has 9 heteroatoms. The first-order valence-electron chi connectivity index (χ1n) is 10.1. The minimum absolute atomic E-state index is 0.0670. The largest absolute Gasteiger partial charge is 0.354 e. The van der Waals surface area contributed by atoms with E-state index >= 15 is 0 Å². The zero-order chi connectivity index (χ0) is 22.5. The Balaban J connectivity index is 1.31. The molecule has 0 bridgehead atoms. The van der Waals surface area contributed by atoms with Gasteiger partial charge < -0.3 is 15.2 Å². The van der Waals surface area contributed by atoms with Crippen LogP contribution in [0.3, 0.4) is 0 Å². The molecule has 1 amide bonds. The van der Waals surface area contributed by atoms with Crippen LogP contribution in [0.2, 0.25) is 0 Å². The molecule has 0 unspecified atom stereocenters. The van der Waals surface area contributed by atoms with Gasteiger partial charge in [-0.15, -0.1) is 21.5 Å². The molecule has 0 fully saturated rings. The Kier molecular flexibility index (Phi) is 6.87. The zero-order valence-corrected chi connectivity index (χ0v) is 19.8. The van der Waals surface area contributed by atoms with E-state index in [0.29, 0.717) is 11.7 Å². The lowest BCUT2D eigenvalue weighted by molar-refractivity contribution is -0.113. The Hall–Kier alpha value is -3.17. The van der Waals surface area contributed by atoms with Crippen molar-refractivity contribution in [2.75, 3.05) is 16.4 Å². The molecule has 32 heavy (non-hydrogen) atoms. The van der Waals surface area contributed by atoms with E-state index in [2.05, 4.69) is 25.8 Å². The quantitative estimate of drug-likeness (QED) is 0.361. The fourth-order valence-corrected chi connectivity index (χ4v) is 4.51. The molecule has 4 rings (SSSR count). The van der Waals surface area contributed by atoms with Gasteiger partial charge in [0, 0.05) is 23.7 Å².